The van der Waals surface area contributed by atoms with Gasteiger partial charge in [-0.15, -0.1) is 0 Å². The molecule has 0 saturated heterocycles. The molecule has 0 amide bonds. The van der Waals surface area contributed by atoms with Crippen LogP contribution in [0.4, 0.5) is 0 Å². The van der Waals surface area contributed by atoms with Gasteiger partial charge in [0.15, 0.2) is 17.4 Å². The van der Waals surface area contributed by atoms with Crippen LogP contribution in [0, 0.1) is 0 Å². The van der Waals surface area contributed by atoms with Gasteiger partial charge in [-0.2, -0.15) is 0 Å². The molecule has 0 saturated carbocycles. The Kier molecular flexibility index (Phi) is 6.26. The summed E-state index contributed by atoms with van der Waals surface area (Å²) in [4.78, 5) is 24.3. The Labute approximate surface area is 170 Å². The molecule has 0 N–H and O–H groups in total. The van der Waals surface area contributed by atoms with Gasteiger partial charge in [0.2, 0.25) is 0 Å². The molecule has 0 aliphatic carbocycles. The Hall–Kier alpha value is -2.21. The van der Waals surface area contributed by atoms with Crippen molar-refractivity contribution in [2.75, 3.05) is 6.61 Å². The zero-order valence-electron chi connectivity index (χ0n) is 13.7. The molecule has 1 aliphatic rings. The Morgan fingerprint density at radius 3 is 1.93 bits per heavy atom. The van der Waals surface area contributed by atoms with Gasteiger partial charge in [0.05, 0.1) is 11.1 Å². The number of carbonyl (C=O) groups excluding carboxylic acids is 2. The van der Waals surface area contributed by atoms with Crippen LogP contribution in [0.3, 0.4) is 0 Å². The third kappa shape index (κ3) is 5.16. The van der Waals surface area contributed by atoms with Gasteiger partial charge in [-0.05, 0) is 60.1 Å². The minimum atomic E-state index is -0.793. The van der Waals surface area contributed by atoms with Gasteiger partial charge in [-0.3, -0.25) is 0 Å². The van der Waals surface area contributed by atoms with Gasteiger partial charge in [-0.1, -0.05) is 23.2 Å². The number of hydrogen-bond acceptors (Lipinski definition) is 5. The minimum absolute atomic E-state index is 0.0662. The quantitative estimate of drug-likeness (QED) is 0.638. The van der Waals surface area contributed by atoms with Crippen molar-refractivity contribution in [2.24, 2.45) is 0 Å². The second-order valence-corrected chi connectivity index (χ2v) is 6.85. The molecular weight excluding hydrogens is 415 g/mol. The summed E-state index contributed by atoms with van der Waals surface area (Å²) in [7, 11) is 0. The summed E-state index contributed by atoms with van der Waals surface area (Å²) >= 11 is 17.5. The Balaban J connectivity index is 1.59. The molecular formula is C19H13Cl3O5. The van der Waals surface area contributed by atoms with E-state index in [9.17, 15) is 9.59 Å². The average Bonchev–Trinajstić information content (AvgIpc) is 3.00. The van der Waals surface area contributed by atoms with Crippen molar-refractivity contribution in [1.29, 1.82) is 0 Å². The van der Waals surface area contributed by atoms with Crippen LogP contribution in [-0.4, -0.2) is 30.8 Å². The molecule has 0 radical (unpaired) electrons. The van der Waals surface area contributed by atoms with Crippen LogP contribution in [0.5, 0.6) is 0 Å². The van der Waals surface area contributed by atoms with E-state index >= 15 is 0 Å². The van der Waals surface area contributed by atoms with E-state index in [4.69, 9.17) is 49.0 Å². The molecule has 140 valence electrons. The van der Waals surface area contributed by atoms with Gasteiger partial charge in [0.1, 0.15) is 6.61 Å². The molecule has 8 heteroatoms. The van der Waals surface area contributed by atoms with Crippen LogP contribution in [0.25, 0.3) is 0 Å². The highest BCUT2D eigenvalue weighted by atomic mass is 35.5. The number of carbonyl (C=O) groups is 2. The summed E-state index contributed by atoms with van der Waals surface area (Å²) in [5, 5.41) is 1.08. The lowest BCUT2D eigenvalue weighted by atomic mass is 10.2. The van der Waals surface area contributed by atoms with Gasteiger partial charge >= 0.3 is 11.9 Å². The fraction of sp³-hybridized carbons (Fsp3) is 0.158. The van der Waals surface area contributed by atoms with Crippen LogP contribution >= 0.6 is 34.8 Å². The molecule has 1 unspecified atom stereocenters. The van der Waals surface area contributed by atoms with E-state index in [1.54, 1.807) is 48.5 Å². The maximum absolute atomic E-state index is 12.2. The molecule has 0 aromatic heterocycles. The van der Waals surface area contributed by atoms with Gasteiger partial charge in [0.25, 0.3) is 0 Å². The largest absolute Gasteiger partial charge is 0.472 e. The molecule has 2 aromatic carbocycles. The number of benzene rings is 2. The second-order valence-electron chi connectivity index (χ2n) is 5.61. The number of halogens is 3. The molecule has 0 spiro atoms. The highest BCUT2D eigenvalue weighted by Gasteiger charge is 2.33. The Bertz CT molecular complexity index is 862. The van der Waals surface area contributed by atoms with Crippen molar-refractivity contribution < 1.29 is 23.8 Å². The van der Waals surface area contributed by atoms with Gasteiger partial charge in [0, 0.05) is 16.1 Å². The summed E-state index contributed by atoms with van der Waals surface area (Å²) in [5.41, 5.74) is 0.666. The van der Waals surface area contributed by atoms with E-state index in [1.807, 2.05) is 0 Å². The first kappa shape index (κ1) is 19.5. The summed E-state index contributed by atoms with van der Waals surface area (Å²) in [6, 6.07) is 12.5. The molecule has 0 bridgehead atoms. The van der Waals surface area contributed by atoms with Gasteiger partial charge in [-0.25, -0.2) is 9.59 Å². The first-order chi connectivity index (χ1) is 12.9. The monoisotopic (exact) mass is 426 g/mol. The summed E-state index contributed by atoms with van der Waals surface area (Å²) < 4.78 is 16.0. The molecule has 2 aromatic rings. The number of ether oxygens (including phenoxy) is 3. The lowest BCUT2D eigenvalue weighted by Crippen LogP contribution is -2.32. The molecule has 0 fully saturated rings. The molecule has 5 nitrogen and oxygen atoms in total. The van der Waals surface area contributed by atoms with Crippen LogP contribution < -0.4 is 0 Å². The Morgan fingerprint density at radius 1 is 0.852 bits per heavy atom. The minimum Gasteiger partial charge on any atom is -0.472 e. The Morgan fingerprint density at radius 2 is 1.37 bits per heavy atom. The van der Waals surface area contributed by atoms with Crippen molar-refractivity contribution >= 4 is 46.7 Å². The number of esters is 2. The SMILES string of the molecule is O=C(OC[C@H]1OC(Cl)=CC1OC(=O)c1ccc(Cl)cc1)c1ccc(Cl)cc1. The van der Waals surface area contributed by atoms with Crippen molar-refractivity contribution in [3.05, 3.63) is 81.0 Å². The normalized spacial score (nSPS) is 18.4. The van der Waals surface area contributed by atoms with E-state index in [2.05, 4.69) is 0 Å². The summed E-state index contributed by atoms with van der Waals surface area (Å²) in [6.07, 6.45) is -0.0976. The predicted octanol–water partition coefficient (Wildman–Crippen LogP) is 4.85. The van der Waals surface area contributed by atoms with E-state index in [0.29, 0.717) is 21.2 Å². The molecule has 1 heterocycles. The highest BCUT2D eigenvalue weighted by molar-refractivity contribution is 6.31. The third-order valence-corrected chi connectivity index (χ3v) is 4.43. The summed E-state index contributed by atoms with van der Waals surface area (Å²) in [5.74, 6) is -1.13. The lowest BCUT2D eigenvalue weighted by Gasteiger charge is -2.19. The molecule has 1 aliphatic heterocycles. The lowest BCUT2D eigenvalue weighted by molar-refractivity contribution is -0.0207. The van der Waals surface area contributed by atoms with Crippen LogP contribution in [0.2, 0.25) is 10.0 Å². The third-order valence-electron chi connectivity index (χ3n) is 3.71. The van der Waals surface area contributed by atoms with E-state index in [1.165, 1.54) is 6.08 Å². The van der Waals surface area contributed by atoms with Crippen molar-refractivity contribution in [1.82, 2.24) is 0 Å². The maximum Gasteiger partial charge on any atom is 0.338 e. The van der Waals surface area contributed by atoms with E-state index in [-0.39, 0.29) is 11.8 Å². The van der Waals surface area contributed by atoms with Crippen molar-refractivity contribution in [2.45, 2.75) is 12.2 Å². The molecule has 3 rings (SSSR count). The molecule has 27 heavy (non-hydrogen) atoms. The predicted molar refractivity (Wildman–Crippen MR) is 101 cm³/mol. The number of hydrogen-bond donors (Lipinski definition) is 0. The van der Waals surface area contributed by atoms with E-state index in [0.717, 1.165) is 0 Å². The average molecular weight is 428 g/mol. The first-order valence-corrected chi connectivity index (χ1v) is 8.99. The number of rotatable bonds is 5. The fourth-order valence-corrected chi connectivity index (χ4v) is 2.82. The van der Waals surface area contributed by atoms with Crippen LogP contribution in [-0.2, 0) is 14.2 Å². The van der Waals surface area contributed by atoms with Crippen molar-refractivity contribution in [3.63, 3.8) is 0 Å². The van der Waals surface area contributed by atoms with E-state index < -0.39 is 24.1 Å². The maximum atomic E-state index is 12.2. The van der Waals surface area contributed by atoms with Gasteiger partial charge < -0.3 is 14.2 Å². The zero-order valence-corrected chi connectivity index (χ0v) is 16.0. The zero-order chi connectivity index (χ0) is 19.4. The first-order valence-electron chi connectivity index (χ1n) is 7.85. The fourth-order valence-electron chi connectivity index (χ4n) is 2.33. The second kappa shape index (κ2) is 8.65. The molecule has 2 atom stereocenters. The smallest absolute Gasteiger partial charge is 0.338 e. The highest BCUT2D eigenvalue weighted by Crippen LogP contribution is 2.25. The van der Waals surface area contributed by atoms with Crippen LogP contribution in [0.1, 0.15) is 20.7 Å². The summed E-state index contributed by atoms with van der Waals surface area (Å²) in [6.45, 7) is -0.146. The topological polar surface area (TPSA) is 61.8 Å². The van der Waals surface area contributed by atoms with Crippen molar-refractivity contribution in [3.8, 4) is 0 Å². The standard InChI is InChI=1S/C19H13Cl3O5/c20-13-5-1-11(2-6-13)18(23)25-10-16-15(9-17(22)26-16)27-19(24)12-3-7-14(21)8-4-12/h1-9,15-16H,10H2/t15?,16-/m1/s1. The van der Waals surface area contributed by atoms with Crippen LogP contribution in [0.15, 0.2) is 59.8 Å².